The minimum absolute atomic E-state index is 0. The Balaban J connectivity index is 0.00000272. The van der Waals surface area contributed by atoms with E-state index < -0.39 is 6.10 Å². The van der Waals surface area contributed by atoms with E-state index in [1.165, 1.54) is 0 Å². The Morgan fingerprint density at radius 2 is 1.55 bits per heavy atom. The molecule has 1 aromatic heterocycles. The van der Waals surface area contributed by atoms with Crippen LogP contribution in [-0.4, -0.2) is 21.4 Å². The van der Waals surface area contributed by atoms with Gasteiger partial charge < -0.3 is 14.8 Å². The number of nitrogens with one attached hydrogen (secondary N) is 1. The average molecular weight is 435 g/mol. The predicted molar refractivity (Wildman–Crippen MR) is 125 cm³/mol. The molecule has 1 radical (unpaired) electrons. The maximum atomic E-state index is 9.28. The molecule has 0 unspecified atom stereocenters. The molecule has 4 aromatic rings. The molecular weight excluding hydrogens is 410 g/mol. The number of benzene rings is 3. The van der Waals surface area contributed by atoms with Crippen molar-refractivity contribution in [2.75, 3.05) is 0 Å². The van der Waals surface area contributed by atoms with E-state index in [1.54, 1.807) is 13.5 Å². The summed E-state index contributed by atoms with van der Waals surface area (Å²) < 4.78 is 6.00. The molecule has 0 aliphatic carbocycles. The second kappa shape index (κ2) is 10.4. The highest BCUT2D eigenvalue weighted by molar-refractivity contribution is 5.85. The van der Waals surface area contributed by atoms with Gasteiger partial charge in [-0.05, 0) is 54.3 Å². The molecule has 4 rings (SSSR count). The molecule has 31 heavy (non-hydrogen) atoms. The molecule has 159 valence electrons. The number of aliphatic hydroxyl groups is 1. The molecule has 0 bridgehead atoms. The van der Waals surface area contributed by atoms with Crippen LogP contribution in [0.15, 0.2) is 77.2 Å². The van der Waals surface area contributed by atoms with Crippen LogP contribution in [0.2, 0.25) is 0 Å². The van der Waals surface area contributed by atoms with Crippen LogP contribution in [0.3, 0.4) is 0 Å². The van der Waals surface area contributed by atoms with E-state index in [2.05, 4.69) is 40.6 Å². The Morgan fingerprint density at radius 1 is 0.871 bits per heavy atom. The van der Waals surface area contributed by atoms with Crippen LogP contribution in [0.1, 0.15) is 18.1 Å². The topological polar surface area (TPSA) is 71.2 Å². The standard InChI is InChI=1S/C25H24N3O2.ClH/c1-17(29)15-26-16-19-11-13-21(14-12-19)24-27-28-25(30-24)23-10-6-9-22(18(23)2)20-7-4-3-5-8-20;/h3-15,17,26,29H,16H2,1-2H3;1H/t17-;/m1./s1. The van der Waals surface area contributed by atoms with Crippen LogP contribution in [0.5, 0.6) is 0 Å². The summed E-state index contributed by atoms with van der Waals surface area (Å²) in [6.45, 7) is 6.09. The number of halogens is 1. The van der Waals surface area contributed by atoms with Gasteiger partial charge in [-0.25, -0.2) is 0 Å². The van der Waals surface area contributed by atoms with Gasteiger partial charge in [0.1, 0.15) is 0 Å². The Morgan fingerprint density at radius 3 is 2.26 bits per heavy atom. The third-order valence-electron chi connectivity index (χ3n) is 4.94. The van der Waals surface area contributed by atoms with Crippen LogP contribution in [0, 0.1) is 13.5 Å². The molecular formula is C25H25ClN3O2. The average Bonchev–Trinajstić information content (AvgIpc) is 3.25. The van der Waals surface area contributed by atoms with Gasteiger partial charge in [-0.2, -0.15) is 0 Å². The van der Waals surface area contributed by atoms with Crippen molar-refractivity contribution in [3.05, 3.63) is 90.5 Å². The smallest absolute Gasteiger partial charge is 0.248 e. The molecule has 0 aliphatic rings. The van der Waals surface area contributed by atoms with Crippen molar-refractivity contribution in [2.45, 2.75) is 26.5 Å². The number of aliphatic hydroxyl groups excluding tert-OH is 1. The Kier molecular flexibility index (Phi) is 7.58. The highest BCUT2D eigenvalue weighted by Crippen LogP contribution is 2.32. The Hall–Kier alpha value is -2.99. The van der Waals surface area contributed by atoms with Crippen molar-refractivity contribution in [1.29, 1.82) is 0 Å². The first-order valence-electron chi connectivity index (χ1n) is 9.95. The molecule has 1 heterocycles. The summed E-state index contributed by atoms with van der Waals surface area (Å²) >= 11 is 0. The van der Waals surface area contributed by atoms with E-state index in [-0.39, 0.29) is 12.4 Å². The first-order chi connectivity index (χ1) is 14.6. The van der Waals surface area contributed by atoms with Crippen LogP contribution in [-0.2, 0) is 6.54 Å². The lowest BCUT2D eigenvalue weighted by atomic mass is 9.96. The number of rotatable bonds is 7. The predicted octanol–water partition coefficient (Wildman–Crippen LogP) is 5.43. The second-order valence-electron chi connectivity index (χ2n) is 7.24. The van der Waals surface area contributed by atoms with E-state index in [0.29, 0.717) is 18.3 Å². The van der Waals surface area contributed by atoms with Crippen LogP contribution < -0.4 is 5.32 Å². The monoisotopic (exact) mass is 434 g/mol. The molecule has 6 heteroatoms. The second-order valence-corrected chi connectivity index (χ2v) is 7.24. The first-order valence-corrected chi connectivity index (χ1v) is 9.95. The molecule has 0 saturated carbocycles. The summed E-state index contributed by atoms with van der Waals surface area (Å²) in [4.78, 5) is 0. The fraction of sp³-hybridized carbons (Fsp3) is 0.160. The lowest BCUT2D eigenvalue weighted by Crippen LogP contribution is -2.17. The zero-order valence-corrected chi connectivity index (χ0v) is 18.3. The van der Waals surface area contributed by atoms with E-state index in [9.17, 15) is 5.11 Å². The van der Waals surface area contributed by atoms with E-state index in [1.807, 2.05) is 54.6 Å². The summed E-state index contributed by atoms with van der Waals surface area (Å²) in [6.07, 6.45) is -0.482. The highest BCUT2D eigenvalue weighted by Gasteiger charge is 2.15. The zero-order chi connectivity index (χ0) is 20.9. The number of aromatic nitrogens is 2. The first kappa shape index (κ1) is 22.7. The van der Waals surface area contributed by atoms with Crippen molar-refractivity contribution in [3.8, 4) is 34.0 Å². The van der Waals surface area contributed by atoms with Gasteiger partial charge in [-0.3, -0.25) is 0 Å². The number of nitrogens with zero attached hydrogens (tertiary/aromatic N) is 2. The molecule has 0 fully saturated rings. The highest BCUT2D eigenvalue weighted by atomic mass is 35.5. The quantitative estimate of drug-likeness (QED) is 0.405. The molecule has 5 nitrogen and oxygen atoms in total. The summed E-state index contributed by atoms with van der Waals surface area (Å²) in [5.74, 6) is 1.00. The van der Waals surface area contributed by atoms with Gasteiger partial charge in [-0.15, -0.1) is 22.6 Å². The van der Waals surface area contributed by atoms with Crippen LogP contribution in [0.25, 0.3) is 34.0 Å². The molecule has 0 aliphatic heterocycles. The van der Waals surface area contributed by atoms with Gasteiger partial charge in [0.15, 0.2) is 0 Å². The van der Waals surface area contributed by atoms with Gasteiger partial charge in [0.2, 0.25) is 11.8 Å². The molecule has 3 aromatic carbocycles. The molecule has 1 atom stereocenters. The van der Waals surface area contributed by atoms with Crippen molar-refractivity contribution in [1.82, 2.24) is 15.5 Å². The van der Waals surface area contributed by atoms with Gasteiger partial charge >= 0.3 is 0 Å². The van der Waals surface area contributed by atoms with Crippen LogP contribution >= 0.6 is 12.4 Å². The van der Waals surface area contributed by atoms with E-state index in [4.69, 9.17) is 4.42 Å². The zero-order valence-electron chi connectivity index (χ0n) is 17.4. The largest absolute Gasteiger partial charge is 0.416 e. The third kappa shape index (κ3) is 5.39. The normalized spacial score (nSPS) is 11.7. The fourth-order valence-corrected chi connectivity index (χ4v) is 3.36. The van der Waals surface area contributed by atoms with Crippen LogP contribution in [0.4, 0.5) is 0 Å². The summed E-state index contributed by atoms with van der Waals surface area (Å²) in [7, 11) is 0. The maximum absolute atomic E-state index is 9.28. The lowest BCUT2D eigenvalue weighted by Gasteiger charge is -2.09. The van der Waals surface area contributed by atoms with Crippen molar-refractivity contribution in [2.24, 2.45) is 0 Å². The molecule has 0 amide bonds. The number of hydrogen-bond donors (Lipinski definition) is 2. The van der Waals surface area contributed by atoms with Gasteiger partial charge in [-0.1, -0.05) is 54.6 Å². The van der Waals surface area contributed by atoms with Crippen molar-refractivity contribution < 1.29 is 9.52 Å². The fourth-order valence-electron chi connectivity index (χ4n) is 3.36. The minimum Gasteiger partial charge on any atom is -0.416 e. The SMILES string of the molecule is Cc1c(-c2ccccc2)cccc1-c1nnc(-c2ccc(CN[CH][C@@H](C)O)cc2)o1.Cl. The van der Waals surface area contributed by atoms with E-state index >= 15 is 0 Å². The molecule has 0 spiro atoms. The number of hydrogen-bond acceptors (Lipinski definition) is 5. The molecule has 2 N–H and O–H groups in total. The van der Waals surface area contributed by atoms with Crippen molar-refractivity contribution in [3.63, 3.8) is 0 Å². The van der Waals surface area contributed by atoms with Gasteiger partial charge in [0.25, 0.3) is 0 Å². The lowest BCUT2D eigenvalue weighted by molar-refractivity contribution is 0.218. The summed E-state index contributed by atoms with van der Waals surface area (Å²) in [6, 6.07) is 24.3. The minimum atomic E-state index is -0.482. The maximum Gasteiger partial charge on any atom is 0.248 e. The Bertz CT molecular complexity index is 1110. The summed E-state index contributed by atoms with van der Waals surface area (Å²) in [5, 5.41) is 20.9. The van der Waals surface area contributed by atoms with Gasteiger partial charge in [0.05, 0.1) is 12.6 Å². The third-order valence-corrected chi connectivity index (χ3v) is 4.94. The Labute approximate surface area is 188 Å². The summed E-state index contributed by atoms with van der Waals surface area (Å²) in [5.41, 5.74) is 6.32. The molecule has 0 saturated heterocycles. The van der Waals surface area contributed by atoms with Gasteiger partial charge in [0, 0.05) is 17.7 Å². The van der Waals surface area contributed by atoms with E-state index in [0.717, 1.165) is 33.4 Å². The van der Waals surface area contributed by atoms with Crippen molar-refractivity contribution >= 4 is 12.4 Å².